The van der Waals surface area contributed by atoms with Crippen molar-refractivity contribution in [2.24, 2.45) is 0 Å². The number of amides is 1. The molecule has 1 aromatic carbocycles. The molecular weight excluding hydrogens is 357 g/mol. The number of pyridine rings is 1. The highest BCUT2D eigenvalue weighted by molar-refractivity contribution is 7.92. The molecule has 0 spiro atoms. The minimum atomic E-state index is -3.49. The molecule has 1 amide bonds. The molecule has 2 rings (SSSR count). The Morgan fingerprint density at radius 2 is 1.73 bits per heavy atom. The summed E-state index contributed by atoms with van der Waals surface area (Å²) < 4.78 is 36.5. The zero-order valence-electron chi connectivity index (χ0n) is 14.9. The van der Waals surface area contributed by atoms with Gasteiger partial charge in [0.15, 0.2) is 14.9 Å². The van der Waals surface area contributed by atoms with Gasteiger partial charge in [0.1, 0.15) is 5.82 Å². The lowest BCUT2D eigenvalue weighted by Gasteiger charge is -2.18. The normalized spacial score (nSPS) is 11.8. The van der Waals surface area contributed by atoms with Crippen LogP contribution < -0.4 is 10.6 Å². The van der Waals surface area contributed by atoms with Gasteiger partial charge in [-0.25, -0.2) is 17.8 Å². The number of carbonyl (C=O) groups excluding carboxylic acids is 1. The van der Waals surface area contributed by atoms with Crippen LogP contribution in [0.2, 0.25) is 0 Å². The number of halogens is 1. The fourth-order valence-corrected chi connectivity index (χ4v) is 3.11. The third-order valence-corrected chi connectivity index (χ3v) is 6.07. The molecular formula is C18H22FN3O3S. The molecule has 0 radical (unpaired) electrons. The maximum Gasteiger partial charge on any atom is 0.251 e. The number of carbonyl (C=O) groups is 1. The molecule has 0 atom stereocenters. The van der Waals surface area contributed by atoms with Crippen LogP contribution in [0.3, 0.4) is 0 Å². The van der Waals surface area contributed by atoms with E-state index >= 15 is 0 Å². The van der Waals surface area contributed by atoms with Crippen molar-refractivity contribution in [1.82, 2.24) is 10.3 Å². The predicted octanol–water partition coefficient (Wildman–Crippen LogP) is 2.63. The first-order valence-corrected chi connectivity index (χ1v) is 9.58. The van der Waals surface area contributed by atoms with E-state index in [0.29, 0.717) is 24.3 Å². The number of hydrogen-bond donors (Lipinski definition) is 2. The number of benzene rings is 1. The molecule has 1 heterocycles. The molecule has 2 aromatic rings. The van der Waals surface area contributed by atoms with Gasteiger partial charge in [0, 0.05) is 18.7 Å². The largest absolute Gasteiger partial charge is 0.382 e. The molecule has 0 aliphatic heterocycles. The van der Waals surface area contributed by atoms with Crippen LogP contribution in [0.1, 0.15) is 31.1 Å². The van der Waals surface area contributed by atoms with Gasteiger partial charge in [-0.3, -0.25) is 4.79 Å². The van der Waals surface area contributed by atoms with Crippen LogP contribution in [0, 0.1) is 5.82 Å². The number of rotatable bonds is 6. The van der Waals surface area contributed by atoms with Gasteiger partial charge >= 0.3 is 0 Å². The molecule has 0 saturated heterocycles. The average molecular weight is 379 g/mol. The van der Waals surface area contributed by atoms with Crippen LogP contribution in [0.25, 0.3) is 0 Å². The van der Waals surface area contributed by atoms with Gasteiger partial charge in [-0.2, -0.15) is 0 Å². The Kier molecular flexibility index (Phi) is 5.97. The van der Waals surface area contributed by atoms with Crippen LogP contribution in [0.5, 0.6) is 0 Å². The molecule has 1 aromatic heterocycles. The Hall–Kier alpha value is -2.48. The summed E-state index contributed by atoms with van der Waals surface area (Å²) in [4.78, 5) is 15.9. The molecule has 0 saturated carbocycles. The highest BCUT2D eigenvalue weighted by atomic mass is 32.2. The van der Waals surface area contributed by atoms with Crippen molar-refractivity contribution in [3.63, 3.8) is 0 Å². The summed E-state index contributed by atoms with van der Waals surface area (Å²) in [6, 6.07) is 8.37. The summed E-state index contributed by atoms with van der Waals surface area (Å²) in [7, 11) is -3.49. The number of nitrogens with one attached hydrogen (secondary N) is 2. The Morgan fingerprint density at radius 3 is 2.27 bits per heavy atom. The smallest absolute Gasteiger partial charge is 0.251 e. The number of aromatic nitrogens is 1. The van der Waals surface area contributed by atoms with Gasteiger partial charge in [-0.15, -0.1) is 0 Å². The predicted molar refractivity (Wildman–Crippen MR) is 98.4 cm³/mol. The third kappa shape index (κ3) is 4.78. The van der Waals surface area contributed by atoms with Crippen LogP contribution in [-0.2, 0) is 9.84 Å². The van der Waals surface area contributed by atoms with E-state index in [1.54, 1.807) is 26.8 Å². The fraction of sp³-hybridized carbons (Fsp3) is 0.333. The minimum absolute atomic E-state index is 0.0279. The minimum Gasteiger partial charge on any atom is -0.382 e. The summed E-state index contributed by atoms with van der Waals surface area (Å²) in [5.74, 6) is -0.691. The summed E-state index contributed by atoms with van der Waals surface area (Å²) in [5.41, 5.74) is 1.03. The van der Waals surface area contributed by atoms with E-state index in [1.165, 1.54) is 36.5 Å². The SMILES string of the molecule is CC(C)(C)S(=O)(=O)c1ccc(NCCNC(=O)c2ccc(F)cc2)cn1. The molecule has 140 valence electrons. The zero-order valence-corrected chi connectivity index (χ0v) is 15.7. The van der Waals surface area contributed by atoms with E-state index in [0.717, 1.165) is 0 Å². The molecule has 0 unspecified atom stereocenters. The molecule has 0 aliphatic carbocycles. The molecule has 0 fully saturated rings. The number of anilines is 1. The zero-order chi connectivity index (χ0) is 19.4. The van der Waals surface area contributed by atoms with Crippen LogP contribution in [-0.4, -0.2) is 37.1 Å². The Morgan fingerprint density at radius 1 is 1.08 bits per heavy atom. The number of sulfone groups is 1. The van der Waals surface area contributed by atoms with Crippen molar-refractivity contribution in [1.29, 1.82) is 0 Å². The highest BCUT2D eigenvalue weighted by Gasteiger charge is 2.31. The second kappa shape index (κ2) is 7.82. The second-order valence-corrected chi connectivity index (χ2v) is 9.34. The van der Waals surface area contributed by atoms with Crippen molar-refractivity contribution < 1.29 is 17.6 Å². The van der Waals surface area contributed by atoms with E-state index in [4.69, 9.17) is 0 Å². The standard InChI is InChI=1S/C18H22FN3O3S/c1-18(2,3)26(24,25)16-9-8-15(12-22-16)20-10-11-21-17(23)13-4-6-14(19)7-5-13/h4-9,12,20H,10-11H2,1-3H3,(H,21,23). The maximum atomic E-state index is 12.8. The Bertz CT molecular complexity index is 858. The van der Waals surface area contributed by atoms with Crippen molar-refractivity contribution in [3.05, 3.63) is 54.0 Å². The Labute approximate surface area is 152 Å². The summed E-state index contributed by atoms with van der Waals surface area (Å²) in [6.07, 6.45) is 1.44. The van der Waals surface area contributed by atoms with Crippen LogP contribution in [0.15, 0.2) is 47.6 Å². The van der Waals surface area contributed by atoms with Crippen LogP contribution >= 0.6 is 0 Å². The van der Waals surface area contributed by atoms with E-state index in [9.17, 15) is 17.6 Å². The molecule has 2 N–H and O–H groups in total. The first kappa shape index (κ1) is 19.8. The summed E-state index contributed by atoms with van der Waals surface area (Å²) >= 11 is 0. The summed E-state index contributed by atoms with van der Waals surface area (Å²) in [6.45, 7) is 5.65. The fourth-order valence-electron chi connectivity index (χ4n) is 2.04. The molecule has 26 heavy (non-hydrogen) atoms. The lowest BCUT2D eigenvalue weighted by atomic mass is 10.2. The van der Waals surface area contributed by atoms with Crippen molar-refractivity contribution >= 4 is 21.4 Å². The van der Waals surface area contributed by atoms with E-state index in [1.807, 2.05) is 0 Å². The number of nitrogens with zero attached hydrogens (tertiary/aromatic N) is 1. The van der Waals surface area contributed by atoms with E-state index < -0.39 is 20.4 Å². The first-order chi connectivity index (χ1) is 12.1. The molecule has 6 nitrogen and oxygen atoms in total. The van der Waals surface area contributed by atoms with Crippen molar-refractivity contribution in [2.75, 3.05) is 18.4 Å². The highest BCUT2D eigenvalue weighted by Crippen LogP contribution is 2.23. The lowest BCUT2D eigenvalue weighted by Crippen LogP contribution is -2.29. The quantitative estimate of drug-likeness (QED) is 0.754. The Balaban J connectivity index is 1.85. The van der Waals surface area contributed by atoms with Crippen molar-refractivity contribution in [3.8, 4) is 0 Å². The topological polar surface area (TPSA) is 88.2 Å². The maximum absolute atomic E-state index is 12.8. The monoisotopic (exact) mass is 379 g/mol. The van der Waals surface area contributed by atoms with E-state index in [-0.39, 0.29) is 10.9 Å². The van der Waals surface area contributed by atoms with Crippen LogP contribution in [0.4, 0.5) is 10.1 Å². The van der Waals surface area contributed by atoms with Gasteiger partial charge in [0.05, 0.1) is 16.6 Å². The molecule has 0 bridgehead atoms. The van der Waals surface area contributed by atoms with Gasteiger partial charge in [0.25, 0.3) is 5.91 Å². The van der Waals surface area contributed by atoms with Gasteiger partial charge in [0.2, 0.25) is 0 Å². The number of hydrogen-bond acceptors (Lipinski definition) is 5. The summed E-state index contributed by atoms with van der Waals surface area (Å²) in [5, 5.41) is 5.78. The first-order valence-electron chi connectivity index (χ1n) is 8.09. The van der Waals surface area contributed by atoms with E-state index in [2.05, 4.69) is 15.6 Å². The van der Waals surface area contributed by atoms with Gasteiger partial charge < -0.3 is 10.6 Å². The third-order valence-electron chi connectivity index (χ3n) is 3.66. The lowest BCUT2D eigenvalue weighted by molar-refractivity contribution is 0.0955. The second-order valence-electron chi connectivity index (χ2n) is 6.69. The van der Waals surface area contributed by atoms with Gasteiger partial charge in [-0.1, -0.05) is 0 Å². The molecule has 0 aliphatic rings. The van der Waals surface area contributed by atoms with Crippen molar-refractivity contribution in [2.45, 2.75) is 30.5 Å². The average Bonchev–Trinajstić information content (AvgIpc) is 2.58. The van der Waals surface area contributed by atoms with Gasteiger partial charge in [-0.05, 0) is 57.2 Å². The molecule has 8 heteroatoms.